The molecule has 138 valence electrons. The summed E-state index contributed by atoms with van der Waals surface area (Å²) in [6.07, 6.45) is -0.942. The number of rotatable bonds is 6. The first-order valence-electron chi connectivity index (χ1n) is 8.26. The number of halogens is 2. The van der Waals surface area contributed by atoms with Gasteiger partial charge in [-0.1, -0.05) is 29.8 Å². The molecule has 2 aromatic heterocycles. The first-order chi connectivity index (χ1) is 12.4. The lowest BCUT2D eigenvalue weighted by Crippen LogP contribution is -1.95. The number of hydrogen-bond donors (Lipinski definition) is 0. The van der Waals surface area contributed by atoms with Gasteiger partial charge in [-0.05, 0) is 50.5 Å². The molecule has 3 aromatic rings. The largest absolute Gasteiger partial charge is 0.444 e. The fourth-order valence-corrected chi connectivity index (χ4v) is 3.51. The molecule has 1 aromatic carbocycles. The average Bonchev–Trinajstić information content (AvgIpc) is 3.18. The highest BCUT2D eigenvalue weighted by molar-refractivity contribution is 7.13. The van der Waals surface area contributed by atoms with Gasteiger partial charge in [-0.3, -0.25) is 0 Å². The smallest absolute Gasteiger partial charge is 0.315 e. The van der Waals surface area contributed by atoms with Crippen molar-refractivity contribution in [2.45, 2.75) is 47.0 Å². The third-order valence-corrected chi connectivity index (χ3v) is 4.69. The van der Waals surface area contributed by atoms with E-state index in [1.807, 2.05) is 20.8 Å². The lowest BCUT2D eigenvalue weighted by Gasteiger charge is -2.12. The molecule has 0 spiro atoms. The average molecular weight is 379 g/mol. The Hall–Kier alpha value is -2.35. The Balaban J connectivity index is 1.92. The van der Waals surface area contributed by atoms with Crippen LogP contribution in [0.25, 0.3) is 11.4 Å². The first kappa shape index (κ1) is 18.4. The Labute approximate surface area is 154 Å². The minimum absolute atomic E-state index is 0.137. The molecule has 0 fully saturated rings. The summed E-state index contributed by atoms with van der Waals surface area (Å²) in [6.45, 7) is 7.85. The van der Waals surface area contributed by atoms with E-state index in [0.29, 0.717) is 5.56 Å². The predicted octanol–water partition coefficient (Wildman–Crippen LogP) is 5.80. The van der Waals surface area contributed by atoms with Crippen LogP contribution in [0.4, 0.5) is 8.78 Å². The second kappa shape index (κ2) is 7.49. The monoisotopic (exact) mass is 379 g/mol. The van der Waals surface area contributed by atoms with Crippen molar-refractivity contribution in [1.82, 2.24) is 15.1 Å². The fourth-order valence-electron chi connectivity index (χ4n) is 2.70. The van der Waals surface area contributed by atoms with Crippen molar-refractivity contribution in [3.8, 4) is 22.2 Å². The lowest BCUT2D eigenvalue weighted by atomic mass is 10.1. The van der Waals surface area contributed by atoms with E-state index >= 15 is 0 Å². The van der Waals surface area contributed by atoms with Gasteiger partial charge in [0.1, 0.15) is 5.75 Å². The Bertz CT molecular complexity index is 898. The highest BCUT2D eigenvalue weighted by Gasteiger charge is 2.19. The number of aromatic nitrogens is 3. The van der Waals surface area contributed by atoms with Crippen LogP contribution in [-0.4, -0.2) is 15.1 Å². The van der Waals surface area contributed by atoms with E-state index in [1.54, 1.807) is 12.1 Å². The van der Waals surface area contributed by atoms with Crippen molar-refractivity contribution in [2.24, 2.45) is 0 Å². The van der Waals surface area contributed by atoms with Crippen LogP contribution in [0.1, 0.15) is 47.5 Å². The summed E-state index contributed by atoms with van der Waals surface area (Å²) < 4.78 is 36.0. The third kappa shape index (κ3) is 3.75. The summed E-state index contributed by atoms with van der Waals surface area (Å²) >= 11 is 1.52. The second-order valence-electron chi connectivity index (χ2n) is 6.02. The van der Waals surface area contributed by atoms with Crippen molar-refractivity contribution >= 4 is 11.3 Å². The van der Waals surface area contributed by atoms with E-state index in [9.17, 15) is 8.78 Å². The summed E-state index contributed by atoms with van der Waals surface area (Å²) in [5, 5.41) is 5.38. The second-order valence-corrected chi connectivity index (χ2v) is 7.18. The molecule has 2 heterocycles. The van der Waals surface area contributed by atoms with Gasteiger partial charge in [0.15, 0.2) is 0 Å². The quantitative estimate of drug-likeness (QED) is 0.541. The van der Waals surface area contributed by atoms with Gasteiger partial charge < -0.3 is 9.26 Å². The van der Waals surface area contributed by atoms with Gasteiger partial charge in [0.2, 0.25) is 10.9 Å². The van der Waals surface area contributed by atoms with Gasteiger partial charge in [0, 0.05) is 5.56 Å². The van der Waals surface area contributed by atoms with Gasteiger partial charge in [0.25, 0.3) is 5.89 Å². The molecule has 0 aliphatic rings. The summed E-state index contributed by atoms with van der Waals surface area (Å²) in [7, 11) is 0. The summed E-state index contributed by atoms with van der Waals surface area (Å²) in [5.74, 6) is 0.186. The molecule has 26 heavy (non-hydrogen) atoms. The van der Waals surface area contributed by atoms with Crippen LogP contribution in [0.3, 0.4) is 0 Å². The van der Waals surface area contributed by atoms with Crippen LogP contribution < -0.4 is 4.74 Å². The van der Waals surface area contributed by atoms with E-state index in [-0.39, 0.29) is 5.82 Å². The highest BCUT2D eigenvalue weighted by Crippen LogP contribution is 2.37. The van der Waals surface area contributed by atoms with Crippen molar-refractivity contribution in [3.05, 3.63) is 39.9 Å². The van der Waals surface area contributed by atoms with Crippen molar-refractivity contribution in [2.75, 3.05) is 0 Å². The molecule has 0 radical (unpaired) electrons. The Morgan fingerprint density at radius 1 is 1.15 bits per heavy atom. The van der Waals surface area contributed by atoms with E-state index in [0.717, 1.165) is 45.5 Å². The van der Waals surface area contributed by atoms with E-state index in [4.69, 9.17) is 4.74 Å². The molecule has 0 N–H and O–H groups in total. The SMILES string of the molecule is CCCc1nc(C)sc1Oc1c(C)cc(-c2noc(C(F)F)n2)cc1C. The molecule has 0 atom stereocenters. The summed E-state index contributed by atoms with van der Waals surface area (Å²) in [6, 6.07) is 3.60. The normalized spacial score (nSPS) is 11.3. The van der Waals surface area contributed by atoms with E-state index in [1.165, 1.54) is 11.3 Å². The van der Waals surface area contributed by atoms with Gasteiger partial charge in [0.05, 0.1) is 10.7 Å². The zero-order chi connectivity index (χ0) is 18.8. The van der Waals surface area contributed by atoms with Crippen molar-refractivity contribution in [3.63, 3.8) is 0 Å². The molecule has 3 rings (SSSR count). The number of nitrogens with zero attached hydrogens (tertiary/aromatic N) is 3. The maximum Gasteiger partial charge on any atom is 0.315 e. The van der Waals surface area contributed by atoms with Crippen LogP contribution in [-0.2, 0) is 6.42 Å². The number of hydrogen-bond acceptors (Lipinski definition) is 6. The summed E-state index contributed by atoms with van der Waals surface area (Å²) in [4.78, 5) is 8.27. The van der Waals surface area contributed by atoms with E-state index in [2.05, 4.69) is 26.6 Å². The Morgan fingerprint density at radius 2 is 1.85 bits per heavy atom. The molecule has 0 bridgehead atoms. The molecule has 0 unspecified atom stereocenters. The standard InChI is InChI=1S/C18H19F2N3O2S/c1-5-6-13-18(26-11(4)21-13)24-14-9(2)7-12(8-10(14)3)16-22-17(15(19)20)25-23-16/h7-8,15H,5-6H2,1-4H3. The van der Waals surface area contributed by atoms with Gasteiger partial charge >= 0.3 is 6.43 Å². The lowest BCUT2D eigenvalue weighted by molar-refractivity contribution is 0.106. The number of benzene rings is 1. The van der Waals surface area contributed by atoms with Gasteiger partial charge in [-0.15, -0.1) is 0 Å². The molecule has 0 saturated carbocycles. The number of thiazole rings is 1. The third-order valence-electron chi connectivity index (χ3n) is 3.80. The minimum atomic E-state index is -2.78. The molecule has 8 heteroatoms. The molecule has 5 nitrogen and oxygen atoms in total. The van der Waals surface area contributed by atoms with Gasteiger partial charge in [-0.25, -0.2) is 4.98 Å². The Kier molecular flexibility index (Phi) is 5.31. The predicted molar refractivity (Wildman–Crippen MR) is 95.1 cm³/mol. The Morgan fingerprint density at radius 3 is 2.42 bits per heavy atom. The number of alkyl halides is 2. The molecule has 0 amide bonds. The van der Waals surface area contributed by atoms with Crippen LogP contribution in [0.5, 0.6) is 10.8 Å². The molecule has 0 aliphatic carbocycles. The highest BCUT2D eigenvalue weighted by atomic mass is 32.1. The molecular weight excluding hydrogens is 360 g/mol. The summed E-state index contributed by atoms with van der Waals surface area (Å²) in [5.41, 5.74) is 3.28. The minimum Gasteiger partial charge on any atom is -0.444 e. The van der Waals surface area contributed by atoms with Crippen molar-refractivity contribution in [1.29, 1.82) is 0 Å². The van der Waals surface area contributed by atoms with Crippen LogP contribution in [0.15, 0.2) is 16.7 Å². The first-order valence-corrected chi connectivity index (χ1v) is 9.08. The maximum absolute atomic E-state index is 12.6. The van der Waals surface area contributed by atoms with E-state index < -0.39 is 12.3 Å². The molecule has 0 aliphatic heterocycles. The zero-order valence-corrected chi connectivity index (χ0v) is 15.8. The van der Waals surface area contributed by atoms with Crippen LogP contribution in [0.2, 0.25) is 0 Å². The van der Waals surface area contributed by atoms with Gasteiger partial charge in [-0.2, -0.15) is 13.8 Å². The number of ether oxygens (including phenoxy) is 1. The molecular formula is C18H19F2N3O2S. The molecule has 0 saturated heterocycles. The fraction of sp³-hybridized carbons (Fsp3) is 0.389. The van der Waals surface area contributed by atoms with Crippen LogP contribution in [0, 0.1) is 20.8 Å². The number of aryl methyl sites for hydroxylation is 4. The maximum atomic E-state index is 12.6. The topological polar surface area (TPSA) is 61.0 Å². The zero-order valence-electron chi connectivity index (χ0n) is 15.0. The van der Waals surface area contributed by atoms with Crippen molar-refractivity contribution < 1.29 is 18.0 Å². The van der Waals surface area contributed by atoms with Crippen LogP contribution >= 0.6 is 11.3 Å².